The maximum absolute atomic E-state index is 13.1. The molecule has 4 saturated carbocycles. The quantitative estimate of drug-likeness (QED) is 0.0692. The summed E-state index contributed by atoms with van der Waals surface area (Å²) in [6.45, 7) is 14.4. The zero-order valence-corrected chi connectivity index (χ0v) is 38.7. The summed E-state index contributed by atoms with van der Waals surface area (Å²) in [5.41, 5.74) is -2.87. The largest absolute Gasteiger partial charge is 0.479 e. The predicted octanol–water partition coefficient (Wildman–Crippen LogP) is 0.650. The zero-order chi connectivity index (χ0) is 47.8. The maximum atomic E-state index is 13.1. The van der Waals surface area contributed by atoms with Gasteiger partial charge in [0.15, 0.2) is 12.4 Å². The Balaban J connectivity index is 1.06. The van der Waals surface area contributed by atoms with E-state index >= 15 is 0 Å². The van der Waals surface area contributed by atoms with E-state index < -0.39 is 138 Å². The fraction of sp³-hybridized carbons (Fsp3) is 0.872. The lowest BCUT2D eigenvalue weighted by molar-refractivity contribution is -0.488. The van der Waals surface area contributed by atoms with Gasteiger partial charge in [0.2, 0.25) is 12.1 Å². The summed E-state index contributed by atoms with van der Waals surface area (Å²) in [5, 5.41) is 112. The highest BCUT2D eigenvalue weighted by atomic mass is 16.8. The van der Waals surface area contributed by atoms with Crippen molar-refractivity contribution in [1.29, 1.82) is 0 Å². The van der Waals surface area contributed by atoms with Gasteiger partial charge in [0.05, 0.1) is 37.4 Å². The number of allylic oxidation sites excluding steroid dienone is 3. The molecule has 8 aliphatic rings. The van der Waals surface area contributed by atoms with Crippen LogP contribution in [-0.2, 0) is 38.0 Å². The van der Waals surface area contributed by atoms with E-state index in [-0.39, 0.29) is 35.7 Å². The Bertz CT molecular complexity index is 1930. The first-order valence-corrected chi connectivity index (χ1v) is 23.3. The Morgan fingerprint density at radius 2 is 1.55 bits per heavy atom. The molecule has 0 aromatic carbocycles. The fourth-order valence-electron chi connectivity index (χ4n) is 14.9. The van der Waals surface area contributed by atoms with E-state index in [1.54, 1.807) is 19.9 Å². The molecule has 8 rings (SSSR count). The number of esters is 1. The normalized spacial score (nSPS) is 53.7. The third-order valence-corrected chi connectivity index (χ3v) is 19.1. The summed E-state index contributed by atoms with van der Waals surface area (Å²) in [6, 6.07) is 0. The number of carbonyl (C=O) groups is 2. The number of fused-ring (bicyclic) bond motifs is 9. The van der Waals surface area contributed by atoms with E-state index in [1.165, 1.54) is 0 Å². The number of carboxylic acids is 1. The third kappa shape index (κ3) is 6.78. The van der Waals surface area contributed by atoms with Gasteiger partial charge in [-0.15, -0.1) is 0 Å². The minimum Gasteiger partial charge on any atom is -0.479 e. The van der Waals surface area contributed by atoms with Crippen LogP contribution in [0.15, 0.2) is 23.3 Å². The second-order valence-electron chi connectivity index (χ2n) is 22.4. The monoisotopic (exact) mass is 924 g/mol. The van der Waals surface area contributed by atoms with Crippen molar-refractivity contribution >= 4 is 11.9 Å². The molecule has 0 bridgehead atoms. The van der Waals surface area contributed by atoms with E-state index in [2.05, 4.69) is 26.8 Å². The minimum absolute atomic E-state index is 0.0505. The van der Waals surface area contributed by atoms with Gasteiger partial charge in [-0.3, -0.25) is 0 Å². The first-order valence-electron chi connectivity index (χ1n) is 23.3. The number of carboxylic acid groups (broad SMARTS) is 1. The second-order valence-corrected chi connectivity index (χ2v) is 22.4. The van der Waals surface area contributed by atoms with Crippen LogP contribution < -0.4 is 0 Å². The number of aliphatic hydroxyl groups is 9. The van der Waals surface area contributed by atoms with Gasteiger partial charge in [-0.1, -0.05) is 59.3 Å². The molecule has 22 atom stereocenters. The van der Waals surface area contributed by atoms with Crippen LogP contribution in [0.1, 0.15) is 100 Å². The van der Waals surface area contributed by atoms with Crippen LogP contribution in [0.25, 0.3) is 0 Å². The van der Waals surface area contributed by atoms with Crippen LogP contribution >= 0.6 is 0 Å². The van der Waals surface area contributed by atoms with Crippen LogP contribution in [0.5, 0.6) is 0 Å². The van der Waals surface area contributed by atoms with Crippen molar-refractivity contribution < 1.29 is 89.1 Å². The number of carbonyl (C=O) groups excluding carboxylic acids is 1. The molecule has 3 saturated heterocycles. The number of hydrogen-bond acceptors (Lipinski definition) is 17. The Labute approximate surface area is 379 Å². The highest BCUT2D eigenvalue weighted by Crippen LogP contribution is 2.76. The SMILES string of the molecule is CC=C(C)C(=O)OC1C(O)C2(CO)C(O)CC3(C)C(=CCC4C5(C)CCC(OC6OC(C(=O)O)C7OC8(O)C(OC(CO)C(O)C8O)OC7C6O)C(C)(CO)C5CCC43C)C2CC1(C)C. The van der Waals surface area contributed by atoms with E-state index in [0.29, 0.717) is 44.1 Å². The molecular formula is C47H72O18. The summed E-state index contributed by atoms with van der Waals surface area (Å²) >= 11 is 0. The van der Waals surface area contributed by atoms with E-state index in [1.807, 2.05) is 20.8 Å². The van der Waals surface area contributed by atoms with Gasteiger partial charge >= 0.3 is 11.9 Å². The van der Waals surface area contributed by atoms with Gasteiger partial charge in [-0.05, 0) is 92.8 Å². The molecule has 0 aromatic rings. The molecule has 0 amide bonds. The fourth-order valence-corrected chi connectivity index (χ4v) is 14.9. The van der Waals surface area contributed by atoms with Gasteiger partial charge in [0.25, 0.3) is 0 Å². The molecule has 7 fully saturated rings. The average molecular weight is 925 g/mol. The number of hydrogen-bond donors (Lipinski definition) is 10. The van der Waals surface area contributed by atoms with Crippen LogP contribution in [0, 0.1) is 50.2 Å². The Hall–Kier alpha value is -2.14. The predicted molar refractivity (Wildman–Crippen MR) is 225 cm³/mol. The first kappa shape index (κ1) is 49.3. The highest BCUT2D eigenvalue weighted by Gasteiger charge is 2.74. The van der Waals surface area contributed by atoms with Crippen LogP contribution in [0.2, 0.25) is 0 Å². The smallest absolute Gasteiger partial charge is 0.335 e. The van der Waals surface area contributed by atoms with E-state index in [4.69, 9.17) is 28.4 Å². The van der Waals surface area contributed by atoms with E-state index in [0.717, 1.165) is 5.57 Å². The number of ether oxygens (including phenoxy) is 6. The number of aliphatic hydroxyl groups excluding tert-OH is 8. The summed E-state index contributed by atoms with van der Waals surface area (Å²) in [5.74, 6) is -5.39. The minimum atomic E-state index is -2.78. The van der Waals surface area contributed by atoms with Crippen molar-refractivity contribution in [2.45, 2.75) is 186 Å². The molecule has 18 nitrogen and oxygen atoms in total. The van der Waals surface area contributed by atoms with Crippen molar-refractivity contribution in [3.05, 3.63) is 23.3 Å². The van der Waals surface area contributed by atoms with Crippen LogP contribution in [-0.4, -0.2) is 168 Å². The Morgan fingerprint density at radius 3 is 2.17 bits per heavy atom. The molecular weight excluding hydrogens is 852 g/mol. The summed E-state index contributed by atoms with van der Waals surface area (Å²) in [6.07, 6.45) is -12.2. The standard InChI is InChI=1S/C47H72O18/c1-9-21(2)38(58)64-36-35(55)46(20-50)23(16-41(36,3)4)22-10-11-26-42(5)14-13-28(43(6,19-49)25(42)12-15-44(26,7)45(22,8)17-27(46)51)61-39-30(53)31-32(33(62-39)37(56)57)65-47(59)34(54)29(52)24(18-48)60-40(47)63-31/h9-10,23-36,39-40,48-55,59H,11-20H2,1-8H3,(H,56,57). The van der Waals surface area contributed by atoms with Gasteiger partial charge in [0, 0.05) is 16.4 Å². The van der Waals surface area contributed by atoms with E-state index in [9.17, 15) is 60.7 Å². The van der Waals surface area contributed by atoms with Gasteiger partial charge in [-0.25, -0.2) is 9.59 Å². The van der Waals surface area contributed by atoms with Crippen molar-refractivity contribution in [3.8, 4) is 0 Å². The molecule has 0 aromatic heterocycles. The number of rotatable bonds is 8. The average Bonchev–Trinajstić information content (AvgIpc) is 3.25. The van der Waals surface area contributed by atoms with Crippen molar-refractivity contribution in [2.75, 3.05) is 19.8 Å². The molecule has 3 heterocycles. The van der Waals surface area contributed by atoms with Crippen molar-refractivity contribution in [1.82, 2.24) is 0 Å². The molecule has 368 valence electrons. The van der Waals surface area contributed by atoms with Crippen LogP contribution in [0.3, 0.4) is 0 Å². The topological polar surface area (TPSA) is 292 Å². The maximum Gasteiger partial charge on any atom is 0.335 e. The lowest BCUT2D eigenvalue weighted by Gasteiger charge is -2.72. The summed E-state index contributed by atoms with van der Waals surface area (Å²) in [7, 11) is 0. The van der Waals surface area contributed by atoms with Gasteiger partial charge in [0.1, 0.15) is 48.8 Å². The molecule has 0 radical (unpaired) electrons. The Morgan fingerprint density at radius 1 is 0.862 bits per heavy atom. The van der Waals surface area contributed by atoms with Crippen LogP contribution in [0.4, 0.5) is 0 Å². The molecule has 10 N–H and O–H groups in total. The molecule has 0 spiro atoms. The lowest BCUT2D eigenvalue weighted by Crippen LogP contribution is -2.77. The molecule has 22 unspecified atom stereocenters. The second kappa shape index (κ2) is 16.5. The highest BCUT2D eigenvalue weighted by molar-refractivity contribution is 5.87. The number of aliphatic carboxylic acids is 1. The summed E-state index contributed by atoms with van der Waals surface area (Å²) < 4.78 is 35.5. The third-order valence-electron chi connectivity index (χ3n) is 19.1. The first-order chi connectivity index (χ1) is 30.3. The van der Waals surface area contributed by atoms with Crippen molar-refractivity contribution in [3.63, 3.8) is 0 Å². The Kier molecular flexibility index (Phi) is 12.5. The summed E-state index contributed by atoms with van der Waals surface area (Å²) in [4.78, 5) is 25.7. The van der Waals surface area contributed by atoms with Gasteiger partial charge < -0.3 is 79.5 Å². The molecule has 3 aliphatic heterocycles. The molecule has 65 heavy (non-hydrogen) atoms. The van der Waals surface area contributed by atoms with Gasteiger partial charge in [-0.2, -0.15) is 0 Å². The lowest BCUT2D eigenvalue weighted by atomic mass is 9.33. The molecule has 5 aliphatic carbocycles. The molecule has 18 heteroatoms. The zero-order valence-electron chi connectivity index (χ0n) is 38.7. The van der Waals surface area contributed by atoms with Crippen molar-refractivity contribution in [2.24, 2.45) is 50.2 Å².